The second kappa shape index (κ2) is 9.38. The molecule has 178 valence electrons. The zero-order chi connectivity index (χ0) is 25.3. The molecule has 0 saturated heterocycles. The highest BCUT2D eigenvalue weighted by Gasteiger charge is 2.17. The van der Waals surface area contributed by atoms with Gasteiger partial charge in [-0.25, -0.2) is 15.0 Å². The first-order valence-electron chi connectivity index (χ1n) is 12.7. The topological polar surface area (TPSA) is 38.7 Å². The molecule has 0 radical (unpaired) electrons. The molecule has 0 saturated carbocycles. The third kappa shape index (κ3) is 4.10. The number of nitrogens with zero attached hydrogens (tertiary/aromatic N) is 3. The first-order chi connectivity index (χ1) is 18.8. The quantitative estimate of drug-likeness (QED) is 0.250. The number of hydrogen-bond acceptors (Lipinski definition) is 3. The molecular weight excluding hydrogens is 462 g/mol. The van der Waals surface area contributed by atoms with Crippen molar-refractivity contribution in [2.45, 2.75) is 0 Å². The molecule has 1 heterocycles. The molecule has 0 amide bonds. The van der Waals surface area contributed by atoms with Gasteiger partial charge in [-0.1, -0.05) is 121 Å². The van der Waals surface area contributed by atoms with Gasteiger partial charge in [0.15, 0.2) is 17.5 Å². The SMILES string of the molecule is c1ccc(-c2nc(-c3ccccc3)nc(-c3cc4ccccc4cc3-c3ccc4ccccc4c3)n2)cc1. The van der Waals surface area contributed by atoms with E-state index in [-0.39, 0.29) is 0 Å². The number of fused-ring (bicyclic) bond motifs is 2. The largest absolute Gasteiger partial charge is 0.208 e. The Morgan fingerprint density at radius 1 is 0.289 bits per heavy atom. The smallest absolute Gasteiger partial charge is 0.164 e. The summed E-state index contributed by atoms with van der Waals surface area (Å²) < 4.78 is 0. The van der Waals surface area contributed by atoms with Crippen LogP contribution in [-0.4, -0.2) is 15.0 Å². The van der Waals surface area contributed by atoms with Gasteiger partial charge in [0.1, 0.15) is 0 Å². The zero-order valence-electron chi connectivity index (χ0n) is 20.6. The van der Waals surface area contributed by atoms with Gasteiger partial charge < -0.3 is 0 Å². The minimum atomic E-state index is 0.659. The summed E-state index contributed by atoms with van der Waals surface area (Å²) in [5, 5.41) is 4.75. The number of rotatable bonds is 4. The van der Waals surface area contributed by atoms with Crippen LogP contribution in [0.2, 0.25) is 0 Å². The van der Waals surface area contributed by atoms with Gasteiger partial charge in [0, 0.05) is 16.7 Å². The number of aromatic nitrogens is 3. The lowest BCUT2D eigenvalue weighted by molar-refractivity contribution is 1.07. The molecule has 0 atom stereocenters. The van der Waals surface area contributed by atoms with Crippen molar-refractivity contribution in [3.05, 3.63) is 140 Å². The van der Waals surface area contributed by atoms with E-state index in [4.69, 9.17) is 15.0 Å². The van der Waals surface area contributed by atoms with Gasteiger partial charge in [-0.05, 0) is 50.9 Å². The van der Waals surface area contributed by atoms with Gasteiger partial charge >= 0.3 is 0 Å². The normalized spacial score (nSPS) is 11.2. The summed E-state index contributed by atoms with van der Waals surface area (Å²) >= 11 is 0. The molecular formula is C35H23N3. The lowest BCUT2D eigenvalue weighted by Gasteiger charge is -2.14. The Hall–Kier alpha value is -5.15. The van der Waals surface area contributed by atoms with Gasteiger partial charge in [-0.15, -0.1) is 0 Å². The molecule has 0 aliphatic rings. The van der Waals surface area contributed by atoms with E-state index >= 15 is 0 Å². The second-order valence-corrected chi connectivity index (χ2v) is 9.35. The van der Waals surface area contributed by atoms with Crippen molar-refractivity contribution in [3.63, 3.8) is 0 Å². The number of hydrogen-bond donors (Lipinski definition) is 0. The lowest BCUT2D eigenvalue weighted by Crippen LogP contribution is -2.01. The fraction of sp³-hybridized carbons (Fsp3) is 0. The van der Waals surface area contributed by atoms with E-state index < -0.39 is 0 Å². The molecule has 0 bridgehead atoms. The van der Waals surface area contributed by atoms with Gasteiger partial charge in [-0.2, -0.15) is 0 Å². The van der Waals surface area contributed by atoms with E-state index in [1.54, 1.807) is 0 Å². The molecule has 1 aromatic heterocycles. The van der Waals surface area contributed by atoms with E-state index in [0.29, 0.717) is 17.5 Å². The molecule has 38 heavy (non-hydrogen) atoms. The van der Waals surface area contributed by atoms with Crippen molar-refractivity contribution >= 4 is 21.5 Å². The van der Waals surface area contributed by atoms with E-state index in [2.05, 4.69) is 78.9 Å². The summed E-state index contributed by atoms with van der Waals surface area (Å²) in [5.74, 6) is 1.98. The Bertz CT molecular complexity index is 1850. The predicted molar refractivity (Wildman–Crippen MR) is 157 cm³/mol. The maximum atomic E-state index is 5.03. The Morgan fingerprint density at radius 2 is 0.737 bits per heavy atom. The molecule has 0 N–H and O–H groups in total. The Labute approximate surface area is 221 Å². The fourth-order valence-corrected chi connectivity index (χ4v) is 4.95. The van der Waals surface area contributed by atoms with Crippen LogP contribution in [0.25, 0.3) is 66.8 Å². The molecule has 0 fully saturated rings. The predicted octanol–water partition coefficient (Wildman–Crippen LogP) is 8.85. The molecule has 7 rings (SSSR count). The third-order valence-electron chi connectivity index (χ3n) is 6.89. The summed E-state index contributed by atoms with van der Waals surface area (Å²) in [6, 6.07) is 48.2. The van der Waals surface area contributed by atoms with Crippen LogP contribution in [-0.2, 0) is 0 Å². The van der Waals surface area contributed by atoms with E-state index in [9.17, 15) is 0 Å². The molecule has 3 heteroatoms. The summed E-state index contributed by atoms with van der Waals surface area (Å²) in [4.78, 5) is 14.9. The minimum Gasteiger partial charge on any atom is -0.208 e. The lowest BCUT2D eigenvalue weighted by atomic mass is 9.93. The zero-order valence-corrected chi connectivity index (χ0v) is 20.6. The van der Waals surface area contributed by atoms with Crippen molar-refractivity contribution in [2.24, 2.45) is 0 Å². The van der Waals surface area contributed by atoms with Crippen LogP contribution >= 0.6 is 0 Å². The van der Waals surface area contributed by atoms with Crippen LogP contribution in [0.5, 0.6) is 0 Å². The molecule has 0 aliphatic heterocycles. The van der Waals surface area contributed by atoms with Crippen LogP contribution < -0.4 is 0 Å². The van der Waals surface area contributed by atoms with Crippen LogP contribution in [0.15, 0.2) is 140 Å². The average molecular weight is 486 g/mol. The molecule has 6 aromatic carbocycles. The van der Waals surface area contributed by atoms with Crippen molar-refractivity contribution in [1.82, 2.24) is 15.0 Å². The standard InChI is InChI=1S/C35H23N3/c1-3-12-25(13-4-1)33-36-34(26-14-5-2-6-15-26)38-35(37-33)32-23-29-18-10-9-17-28(29)22-31(32)30-20-19-24-11-7-8-16-27(24)21-30/h1-23H. The van der Waals surface area contributed by atoms with Gasteiger partial charge in [0.05, 0.1) is 0 Å². The average Bonchev–Trinajstić information content (AvgIpc) is 3.01. The second-order valence-electron chi connectivity index (χ2n) is 9.35. The van der Waals surface area contributed by atoms with Crippen LogP contribution in [0.1, 0.15) is 0 Å². The fourth-order valence-electron chi connectivity index (χ4n) is 4.95. The first-order valence-corrected chi connectivity index (χ1v) is 12.7. The molecule has 3 nitrogen and oxygen atoms in total. The van der Waals surface area contributed by atoms with Gasteiger partial charge in [-0.3, -0.25) is 0 Å². The van der Waals surface area contributed by atoms with Crippen molar-refractivity contribution in [2.75, 3.05) is 0 Å². The minimum absolute atomic E-state index is 0.659. The highest BCUT2D eigenvalue weighted by atomic mass is 15.0. The van der Waals surface area contributed by atoms with Crippen molar-refractivity contribution in [1.29, 1.82) is 0 Å². The number of benzene rings is 6. The van der Waals surface area contributed by atoms with Crippen LogP contribution in [0, 0.1) is 0 Å². The van der Waals surface area contributed by atoms with E-state index in [1.807, 2.05) is 60.7 Å². The summed E-state index contributed by atoms with van der Waals surface area (Å²) in [6.45, 7) is 0. The van der Waals surface area contributed by atoms with Crippen LogP contribution in [0.3, 0.4) is 0 Å². The third-order valence-corrected chi connectivity index (χ3v) is 6.89. The van der Waals surface area contributed by atoms with Crippen molar-refractivity contribution < 1.29 is 0 Å². The van der Waals surface area contributed by atoms with Crippen LogP contribution in [0.4, 0.5) is 0 Å². The van der Waals surface area contributed by atoms with Crippen molar-refractivity contribution in [3.8, 4) is 45.3 Å². The summed E-state index contributed by atoms with van der Waals surface area (Å²) in [7, 11) is 0. The highest BCUT2D eigenvalue weighted by Crippen LogP contribution is 2.37. The summed E-state index contributed by atoms with van der Waals surface area (Å²) in [5.41, 5.74) is 5.13. The van der Waals surface area contributed by atoms with Gasteiger partial charge in [0.25, 0.3) is 0 Å². The van der Waals surface area contributed by atoms with E-state index in [0.717, 1.165) is 33.2 Å². The molecule has 7 aromatic rings. The monoisotopic (exact) mass is 485 g/mol. The molecule has 0 aliphatic carbocycles. The highest BCUT2D eigenvalue weighted by molar-refractivity contribution is 5.97. The van der Waals surface area contributed by atoms with Gasteiger partial charge in [0.2, 0.25) is 0 Å². The summed E-state index contributed by atoms with van der Waals surface area (Å²) in [6.07, 6.45) is 0. The molecule has 0 unspecified atom stereocenters. The Kier molecular flexibility index (Phi) is 5.45. The first kappa shape index (κ1) is 22.1. The molecule has 0 spiro atoms. The Morgan fingerprint density at radius 3 is 1.32 bits per heavy atom. The maximum Gasteiger partial charge on any atom is 0.164 e. The maximum absolute atomic E-state index is 5.03. The Balaban J connectivity index is 1.51. The van der Waals surface area contributed by atoms with E-state index in [1.165, 1.54) is 16.2 Å².